The number of phenolic OH excluding ortho intramolecular Hbond substituents is 1. The molecule has 1 amide bonds. The fraction of sp³-hybridized carbons (Fsp3) is 0.360. The van der Waals surface area contributed by atoms with Crippen LogP contribution in [0.5, 0.6) is 5.75 Å². The summed E-state index contributed by atoms with van der Waals surface area (Å²) in [6.45, 7) is 6.63. The molecule has 5 rings (SSSR count). The summed E-state index contributed by atoms with van der Waals surface area (Å²) < 4.78 is 2.17. The summed E-state index contributed by atoms with van der Waals surface area (Å²) in [5.74, 6) is 0.658. The average molecular weight is 402 g/mol. The van der Waals surface area contributed by atoms with Crippen LogP contribution >= 0.6 is 0 Å². The molecule has 0 radical (unpaired) electrons. The van der Waals surface area contributed by atoms with Gasteiger partial charge in [0, 0.05) is 35.7 Å². The van der Waals surface area contributed by atoms with Gasteiger partial charge in [-0.15, -0.1) is 0 Å². The van der Waals surface area contributed by atoms with Crippen molar-refractivity contribution in [3.05, 3.63) is 82.7 Å². The average Bonchev–Trinajstić information content (AvgIpc) is 3.01. The summed E-state index contributed by atoms with van der Waals surface area (Å²) in [7, 11) is 0. The first-order valence-electron chi connectivity index (χ1n) is 10.6. The number of hydrogen-bond donors (Lipinski definition) is 1. The molecule has 0 bridgehead atoms. The Balaban J connectivity index is 1.24. The fourth-order valence-electron chi connectivity index (χ4n) is 5.15. The highest BCUT2D eigenvalue weighted by molar-refractivity contribution is 5.95. The van der Waals surface area contributed by atoms with E-state index in [9.17, 15) is 9.90 Å². The number of carbonyl (C=O) groups excluding carboxylic acids is 1. The van der Waals surface area contributed by atoms with E-state index in [1.54, 1.807) is 24.3 Å². The lowest BCUT2D eigenvalue weighted by Crippen LogP contribution is -2.63. The Bertz CT molecular complexity index is 1100. The second-order valence-corrected chi connectivity index (χ2v) is 9.11. The van der Waals surface area contributed by atoms with Gasteiger partial charge in [0.05, 0.1) is 12.2 Å². The van der Waals surface area contributed by atoms with Crippen molar-refractivity contribution in [1.29, 1.82) is 0 Å². The minimum atomic E-state index is 0.0143. The van der Waals surface area contributed by atoms with Crippen LogP contribution in [0.25, 0.3) is 0 Å². The van der Waals surface area contributed by atoms with Crippen LogP contribution in [-0.4, -0.2) is 38.8 Å². The molecule has 0 atom stereocenters. The number of benzene rings is 2. The van der Waals surface area contributed by atoms with Gasteiger partial charge in [-0.2, -0.15) is 5.10 Å². The lowest BCUT2D eigenvalue weighted by Gasteiger charge is -2.59. The Morgan fingerprint density at radius 3 is 2.60 bits per heavy atom. The van der Waals surface area contributed by atoms with Crippen molar-refractivity contribution in [2.45, 2.75) is 39.2 Å². The third-order valence-corrected chi connectivity index (χ3v) is 6.72. The third-order valence-electron chi connectivity index (χ3n) is 6.72. The normalized spacial score (nSPS) is 17.6. The van der Waals surface area contributed by atoms with E-state index in [1.165, 1.54) is 16.8 Å². The maximum absolute atomic E-state index is 12.7. The molecular weight excluding hydrogens is 374 g/mol. The van der Waals surface area contributed by atoms with E-state index in [2.05, 4.69) is 48.9 Å². The first-order valence-corrected chi connectivity index (χ1v) is 10.6. The molecule has 0 unspecified atom stereocenters. The van der Waals surface area contributed by atoms with E-state index in [-0.39, 0.29) is 17.1 Å². The minimum absolute atomic E-state index is 0.0143. The van der Waals surface area contributed by atoms with Crippen molar-refractivity contribution >= 4 is 5.91 Å². The molecule has 1 spiro atoms. The van der Waals surface area contributed by atoms with Crippen molar-refractivity contribution < 1.29 is 9.90 Å². The lowest BCUT2D eigenvalue weighted by atomic mass is 9.57. The lowest BCUT2D eigenvalue weighted by molar-refractivity contribution is -0.0568. The smallest absolute Gasteiger partial charge is 0.254 e. The molecule has 2 heterocycles. The molecule has 5 nitrogen and oxygen atoms in total. The van der Waals surface area contributed by atoms with Crippen molar-refractivity contribution in [3.8, 4) is 5.75 Å². The standard InChI is InChI=1S/C25H27N3O2/c1-17-6-3-4-7-20(17)14-28-23(10-18(2)26-28)21-12-25(13-21)15-27(16-25)24(30)19-8-5-9-22(29)11-19/h3-11,21,29H,12-16H2,1-2H3. The summed E-state index contributed by atoms with van der Waals surface area (Å²) in [5.41, 5.74) is 5.80. The number of phenols is 1. The van der Waals surface area contributed by atoms with E-state index < -0.39 is 0 Å². The van der Waals surface area contributed by atoms with Crippen LogP contribution in [0.15, 0.2) is 54.6 Å². The molecule has 2 aromatic carbocycles. The maximum atomic E-state index is 12.7. The van der Waals surface area contributed by atoms with Gasteiger partial charge in [0.15, 0.2) is 0 Å². The molecule has 2 aliphatic rings. The second-order valence-electron chi connectivity index (χ2n) is 9.11. The first-order chi connectivity index (χ1) is 14.4. The molecule has 1 saturated carbocycles. The Labute approximate surface area is 177 Å². The molecule has 1 aliphatic carbocycles. The Morgan fingerprint density at radius 1 is 1.10 bits per heavy atom. The summed E-state index contributed by atoms with van der Waals surface area (Å²) in [6.07, 6.45) is 2.21. The predicted molar refractivity (Wildman–Crippen MR) is 116 cm³/mol. The molecule has 1 aromatic heterocycles. The maximum Gasteiger partial charge on any atom is 0.254 e. The molecule has 3 aromatic rings. The molecule has 5 heteroatoms. The van der Waals surface area contributed by atoms with E-state index in [0.717, 1.165) is 38.2 Å². The highest BCUT2D eigenvalue weighted by Gasteiger charge is 2.54. The van der Waals surface area contributed by atoms with Crippen molar-refractivity contribution in [2.75, 3.05) is 13.1 Å². The topological polar surface area (TPSA) is 58.4 Å². The Kier molecular flexibility index (Phi) is 4.42. The number of likely N-dealkylation sites (tertiary alicyclic amines) is 1. The molecule has 1 saturated heterocycles. The second kappa shape index (κ2) is 7.01. The molecule has 1 N–H and O–H groups in total. The molecule has 1 aliphatic heterocycles. The Hall–Kier alpha value is -3.08. The van der Waals surface area contributed by atoms with Gasteiger partial charge in [-0.3, -0.25) is 9.48 Å². The highest BCUT2D eigenvalue weighted by Crippen LogP contribution is 2.56. The summed E-state index contributed by atoms with van der Waals surface area (Å²) >= 11 is 0. The van der Waals surface area contributed by atoms with E-state index in [4.69, 9.17) is 5.10 Å². The van der Waals surface area contributed by atoms with E-state index >= 15 is 0 Å². The van der Waals surface area contributed by atoms with E-state index in [1.807, 2.05) is 4.90 Å². The number of aromatic hydroxyl groups is 1. The third kappa shape index (κ3) is 3.28. The fourth-order valence-corrected chi connectivity index (χ4v) is 5.15. The zero-order valence-electron chi connectivity index (χ0n) is 17.5. The monoisotopic (exact) mass is 401 g/mol. The van der Waals surface area contributed by atoms with Gasteiger partial charge >= 0.3 is 0 Å². The van der Waals surface area contributed by atoms with Crippen LogP contribution in [0.1, 0.15) is 51.6 Å². The molecular formula is C25H27N3O2. The van der Waals surface area contributed by atoms with Gasteiger partial charge in [0.25, 0.3) is 5.91 Å². The number of aryl methyl sites for hydroxylation is 2. The number of nitrogens with zero attached hydrogens (tertiary/aromatic N) is 3. The predicted octanol–water partition coefficient (Wildman–Crippen LogP) is 4.27. The zero-order chi connectivity index (χ0) is 20.9. The van der Waals surface area contributed by atoms with Crippen molar-refractivity contribution in [1.82, 2.24) is 14.7 Å². The van der Waals surface area contributed by atoms with Crippen LogP contribution in [0.3, 0.4) is 0 Å². The molecule has 30 heavy (non-hydrogen) atoms. The number of carbonyl (C=O) groups is 1. The van der Waals surface area contributed by atoms with Gasteiger partial charge < -0.3 is 10.0 Å². The summed E-state index contributed by atoms with van der Waals surface area (Å²) in [5, 5.41) is 14.4. The minimum Gasteiger partial charge on any atom is -0.508 e. The number of aromatic nitrogens is 2. The molecule has 154 valence electrons. The summed E-state index contributed by atoms with van der Waals surface area (Å²) in [4.78, 5) is 14.6. The summed E-state index contributed by atoms with van der Waals surface area (Å²) in [6, 6.07) is 17.3. The number of hydrogen-bond acceptors (Lipinski definition) is 3. The Morgan fingerprint density at radius 2 is 1.87 bits per heavy atom. The highest BCUT2D eigenvalue weighted by atomic mass is 16.3. The van der Waals surface area contributed by atoms with E-state index in [0.29, 0.717) is 11.5 Å². The van der Waals surface area contributed by atoms with Gasteiger partial charge in [0.2, 0.25) is 0 Å². The van der Waals surface area contributed by atoms with Gasteiger partial charge in [-0.25, -0.2) is 0 Å². The number of rotatable bonds is 4. The van der Waals surface area contributed by atoms with Gasteiger partial charge in [0.1, 0.15) is 5.75 Å². The van der Waals surface area contributed by atoms with Crippen molar-refractivity contribution in [2.24, 2.45) is 5.41 Å². The van der Waals surface area contributed by atoms with Gasteiger partial charge in [-0.1, -0.05) is 30.3 Å². The van der Waals surface area contributed by atoms with Crippen LogP contribution in [0, 0.1) is 19.3 Å². The SMILES string of the molecule is Cc1cc(C2CC3(C2)CN(C(=O)c2cccc(O)c2)C3)n(Cc2ccccc2C)n1. The van der Waals surface area contributed by atoms with Crippen LogP contribution in [0.4, 0.5) is 0 Å². The van der Waals surface area contributed by atoms with Gasteiger partial charge in [-0.05, 0) is 62.1 Å². The zero-order valence-corrected chi connectivity index (χ0v) is 17.5. The van der Waals surface area contributed by atoms with Crippen LogP contribution in [-0.2, 0) is 6.54 Å². The first kappa shape index (κ1) is 18.9. The largest absolute Gasteiger partial charge is 0.508 e. The van der Waals surface area contributed by atoms with Crippen LogP contribution < -0.4 is 0 Å². The van der Waals surface area contributed by atoms with Crippen molar-refractivity contribution in [3.63, 3.8) is 0 Å². The quantitative estimate of drug-likeness (QED) is 0.710. The number of amides is 1. The molecule has 2 fully saturated rings. The van der Waals surface area contributed by atoms with Crippen LogP contribution in [0.2, 0.25) is 0 Å².